The molecule has 0 unspecified atom stereocenters. The molecule has 0 saturated carbocycles. The lowest BCUT2D eigenvalue weighted by Crippen LogP contribution is -2.56. The standard InChI is InChI=1S/C34H33Cl4N3O4S/c1-34(2,3)39-33(43)31(17-23-11-6-4-7-12-23)40(21-28-29(37)15-10-16-30(28)38)32(42)22-41(26-19-24(35)18-25(36)20-26)46(44,45)27-13-8-5-9-14-27/h4-16,18-20,31H,17,21-22H2,1-3H3,(H,39,43)/t31-/m0/s1. The van der Waals surface area contributed by atoms with Gasteiger partial charge in [0.05, 0.1) is 10.6 Å². The minimum absolute atomic E-state index is 0.0501. The minimum atomic E-state index is -4.32. The van der Waals surface area contributed by atoms with Crippen molar-refractivity contribution in [1.29, 1.82) is 0 Å². The van der Waals surface area contributed by atoms with Crippen molar-refractivity contribution < 1.29 is 18.0 Å². The summed E-state index contributed by atoms with van der Waals surface area (Å²) in [6.45, 7) is 4.63. The van der Waals surface area contributed by atoms with E-state index < -0.39 is 40.0 Å². The third-order valence-electron chi connectivity index (χ3n) is 6.90. The van der Waals surface area contributed by atoms with E-state index in [2.05, 4.69) is 5.32 Å². The Kier molecular flexibility index (Phi) is 11.7. The van der Waals surface area contributed by atoms with Crippen LogP contribution in [0.25, 0.3) is 0 Å². The van der Waals surface area contributed by atoms with Crippen molar-refractivity contribution in [3.05, 3.63) is 128 Å². The first-order valence-electron chi connectivity index (χ1n) is 14.3. The molecular formula is C34H33Cl4N3O4S. The predicted molar refractivity (Wildman–Crippen MR) is 186 cm³/mol. The van der Waals surface area contributed by atoms with E-state index in [1.165, 1.54) is 35.2 Å². The van der Waals surface area contributed by atoms with Crippen LogP contribution in [0.1, 0.15) is 31.9 Å². The van der Waals surface area contributed by atoms with Crippen molar-refractivity contribution in [3.8, 4) is 0 Å². The Morgan fingerprint density at radius 1 is 0.783 bits per heavy atom. The lowest BCUT2D eigenvalue weighted by Gasteiger charge is -2.35. The molecule has 4 rings (SSSR count). The molecule has 46 heavy (non-hydrogen) atoms. The quantitative estimate of drug-likeness (QED) is 0.170. The molecule has 1 atom stereocenters. The molecule has 0 heterocycles. The van der Waals surface area contributed by atoms with Gasteiger partial charge in [-0.05, 0) is 68.8 Å². The van der Waals surface area contributed by atoms with Gasteiger partial charge < -0.3 is 10.2 Å². The number of carbonyl (C=O) groups is 2. The molecule has 1 N–H and O–H groups in total. The van der Waals surface area contributed by atoms with Crippen LogP contribution in [-0.4, -0.2) is 43.3 Å². The molecule has 2 amide bonds. The molecule has 0 aromatic heterocycles. The van der Waals surface area contributed by atoms with Gasteiger partial charge in [-0.2, -0.15) is 0 Å². The number of benzene rings is 4. The number of nitrogens with zero attached hydrogens (tertiary/aromatic N) is 2. The molecular weight excluding hydrogens is 688 g/mol. The third kappa shape index (κ3) is 9.17. The monoisotopic (exact) mass is 719 g/mol. The number of rotatable bonds is 11. The van der Waals surface area contributed by atoms with Gasteiger partial charge in [0.25, 0.3) is 10.0 Å². The molecule has 0 fully saturated rings. The summed E-state index contributed by atoms with van der Waals surface area (Å²) in [7, 11) is -4.32. The van der Waals surface area contributed by atoms with Gasteiger partial charge in [0.1, 0.15) is 12.6 Å². The molecule has 0 radical (unpaired) electrons. The summed E-state index contributed by atoms with van der Waals surface area (Å²) in [5, 5.41) is 3.91. The molecule has 0 aliphatic carbocycles. The Hall–Kier alpha value is -3.27. The lowest BCUT2D eigenvalue weighted by atomic mass is 10.0. The van der Waals surface area contributed by atoms with E-state index in [0.29, 0.717) is 5.56 Å². The summed E-state index contributed by atoms with van der Waals surface area (Å²) >= 11 is 25.7. The van der Waals surface area contributed by atoms with Crippen LogP contribution in [0, 0.1) is 0 Å². The highest BCUT2D eigenvalue weighted by Crippen LogP contribution is 2.31. The van der Waals surface area contributed by atoms with E-state index in [9.17, 15) is 18.0 Å². The van der Waals surface area contributed by atoms with Crippen molar-refractivity contribution in [3.63, 3.8) is 0 Å². The second-order valence-corrected chi connectivity index (χ2v) is 15.2. The van der Waals surface area contributed by atoms with E-state index in [1.807, 2.05) is 51.1 Å². The summed E-state index contributed by atoms with van der Waals surface area (Å²) in [5.74, 6) is -1.12. The van der Waals surface area contributed by atoms with Gasteiger partial charge in [0, 0.05) is 44.2 Å². The van der Waals surface area contributed by atoms with Crippen LogP contribution in [-0.2, 0) is 32.6 Å². The third-order valence-corrected chi connectivity index (χ3v) is 9.84. The zero-order valence-corrected chi connectivity index (χ0v) is 29.2. The molecule has 0 aliphatic rings. The maximum absolute atomic E-state index is 14.6. The molecule has 242 valence electrons. The number of carbonyl (C=O) groups excluding carboxylic acids is 2. The van der Waals surface area contributed by atoms with E-state index in [0.717, 1.165) is 9.87 Å². The number of sulfonamides is 1. The highest BCUT2D eigenvalue weighted by atomic mass is 35.5. The Balaban J connectivity index is 1.87. The van der Waals surface area contributed by atoms with Crippen molar-refractivity contribution in [1.82, 2.24) is 10.2 Å². The first-order valence-corrected chi connectivity index (χ1v) is 17.2. The largest absolute Gasteiger partial charge is 0.350 e. The van der Waals surface area contributed by atoms with Gasteiger partial charge in [-0.1, -0.05) is 101 Å². The molecule has 0 spiro atoms. The molecule has 12 heteroatoms. The van der Waals surface area contributed by atoms with Crippen LogP contribution in [0.5, 0.6) is 0 Å². The average Bonchev–Trinajstić information content (AvgIpc) is 2.98. The summed E-state index contributed by atoms with van der Waals surface area (Å²) in [5.41, 5.74) is 0.631. The lowest BCUT2D eigenvalue weighted by molar-refractivity contribution is -0.140. The maximum Gasteiger partial charge on any atom is 0.264 e. The van der Waals surface area contributed by atoms with Gasteiger partial charge in [0.15, 0.2) is 0 Å². The Morgan fingerprint density at radius 3 is 1.87 bits per heavy atom. The van der Waals surface area contributed by atoms with Crippen LogP contribution in [0.2, 0.25) is 20.1 Å². The number of nitrogens with one attached hydrogen (secondary N) is 1. The van der Waals surface area contributed by atoms with Gasteiger partial charge in [0.2, 0.25) is 11.8 Å². The summed E-state index contributed by atoms with van der Waals surface area (Å²) in [6, 6.07) is 25.0. The summed E-state index contributed by atoms with van der Waals surface area (Å²) < 4.78 is 29.2. The van der Waals surface area contributed by atoms with Crippen molar-refractivity contribution in [2.75, 3.05) is 10.8 Å². The van der Waals surface area contributed by atoms with Crippen molar-refractivity contribution >= 4 is 73.9 Å². The summed E-state index contributed by atoms with van der Waals surface area (Å²) in [6.07, 6.45) is 0.130. The van der Waals surface area contributed by atoms with Gasteiger partial charge >= 0.3 is 0 Å². The van der Waals surface area contributed by atoms with Crippen LogP contribution < -0.4 is 9.62 Å². The first-order chi connectivity index (χ1) is 21.7. The van der Waals surface area contributed by atoms with Crippen LogP contribution >= 0.6 is 46.4 Å². The molecule has 7 nitrogen and oxygen atoms in total. The number of amides is 2. The smallest absolute Gasteiger partial charge is 0.264 e. The number of anilines is 1. The predicted octanol–water partition coefficient (Wildman–Crippen LogP) is 8.05. The Bertz CT molecular complexity index is 1760. The fourth-order valence-corrected chi connectivity index (χ4v) is 7.24. The van der Waals surface area contributed by atoms with E-state index in [-0.39, 0.29) is 43.6 Å². The number of halogens is 4. The van der Waals surface area contributed by atoms with E-state index in [1.54, 1.807) is 36.4 Å². The second-order valence-electron chi connectivity index (χ2n) is 11.6. The number of hydrogen-bond acceptors (Lipinski definition) is 4. The Labute approximate surface area is 290 Å². The van der Waals surface area contributed by atoms with Gasteiger partial charge in [-0.25, -0.2) is 8.42 Å². The number of hydrogen-bond donors (Lipinski definition) is 1. The maximum atomic E-state index is 14.6. The van der Waals surface area contributed by atoms with Crippen LogP contribution in [0.3, 0.4) is 0 Å². The average molecular weight is 722 g/mol. The second kappa shape index (κ2) is 15.1. The first kappa shape index (κ1) is 35.6. The molecule has 0 aliphatic heterocycles. The highest BCUT2D eigenvalue weighted by molar-refractivity contribution is 7.92. The Morgan fingerprint density at radius 2 is 1.33 bits per heavy atom. The van der Waals surface area contributed by atoms with Crippen molar-refractivity contribution in [2.24, 2.45) is 0 Å². The van der Waals surface area contributed by atoms with E-state index >= 15 is 0 Å². The van der Waals surface area contributed by atoms with E-state index in [4.69, 9.17) is 46.4 Å². The molecule has 0 saturated heterocycles. The molecule has 4 aromatic carbocycles. The minimum Gasteiger partial charge on any atom is -0.350 e. The summed E-state index contributed by atoms with van der Waals surface area (Å²) in [4.78, 5) is 29.9. The zero-order valence-electron chi connectivity index (χ0n) is 25.4. The van der Waals surface area contributed by atoms with Crippen molar-refractivity contribution in [2.45, 2.75) is 50.2 Å². The highest BCUT2D eigenvalue weighted by Gasteiger charge is 2.36. The topological polar surface area (TPSA) is 86.8 Å². The molecule has 0 bridgehead atoms. The SMILES string of the molecule is CC(C)(C)NC(=O)[C@H](Cc1ccccc1)N(Cc1c(Cl)cccc1Cl)C(=O)CN(c1cc(Cl)cc(Cl)c1)S(=O)(=O)c1ccccc1. The van der Waals surface area contributed by atoms with Gasteiger partial charge in [-0.15, -0.1) is 0 Å². The molecule has 4 aromatic rings. The zero-order chi connectivity index (χ0) is 33.6. The van der Waals surface area contributed by atoms with Crippen LogP contribution in [0.4, 0.5) is 5.69 Å². The van der Waals surface area contributed by atoms with Gasteiger partial charge in [-0.3, -0.25) is 13.9 Å². The fraction of sp³-hybridized carbons (Fsp3) is 0.235. The normalized spacial score (nSPS) is 12.3. The van der Waals surface area contributed by atoms with Crippen LogP contribution in [0.15, 0.2) is 102 Å². The fourth-order valence-electron chi connectivity index (χ4n) is 4.79.